The van der Waals surface area contributed by atoms with Crippen LogP contribution in [0.15, 0.2) is 72.8 Å². The Morgan fingerprint density at radius 3 is 2.53 bits per heavy atom. The van der Waals surface area contributed by atoms with Gasteiger partial charge in [-0.1, -0.05) is 36.4 Å². The van der Waals surface area contributed by atoms with Gasteiger partial charge in [0.25, 0.3) is 5.91 Å². The standard InChI is InChI=1S/C27H22FN3O3/c1-33-23-9-5-7-19(26(23)34-2)24-25-20(18-6-3-4-8-21(18)30-25)14-22(31-24)27(32)29-15-16-10-12-17(28)13-11-16/h3-14,30H,15H2,1-2H3,(H,29,32). The number of pyridine rings is 1. The molecule has 0 aliphatic carbocycles. The van der Waals surface area contributed by atoms with Gasteiger partial charge in [-0.2, -0.15) is 0 Å². The van der Waals surface area contributed by atoms with Crippen LogP contribution in [0.4, 0.5) is 4.39 Å². The van der Waals surface area contributed by atoms with Gasteiger partial charge in [0, 0.05) is 28.4 Å². The molecule has 0 bridgehead atoms. The highest BCUT2D eigenvalue weighted by Crippen LogP contribution is 2.41. The number of aromatic amines is 1. The maximum atomic E-state index is 13.2. The smallest absolute Gasteiger partial charge is 0.270 e. The van der Waals surface area contributed by atoms with Crippen molar-refractivity contribution in [3.05, 3.63) is 89.9 Å². The average Bonchev–Trinajstić information content (AvgIpc) is 3.25. The van der Waals surface area contributed by atoms with Crippen LogP contribution in [-0.2, 0) is 6.54 Å². The molecular formula is C27H22FN3O3. The summed E-state index contributed by atoms with van der Waals surface area (Å²) in [5.41, 5.74) is 4.06. The van der Waals surface area contributed by atoms with Crippen molar-refractivity contribution < 1.29 is 18.7 Å². The molecule has 0 fully saturated rings. The summed E-state index contributed by atoms with van der Waals surface area (Å²) in [5, 5.41) is 4.73. The first-order valence-corrected chi connectivity index (χ1v) is 10.7. The fourth-order valence-electron chi connectivity index (χ4n) is 4.11. The number of fused-ring (bicyclic) bond motifs is 3. The second kappa shape index (κ2) is 8.86. The molecule has 6 nitrogen and oxygen atoms in total. The van der Waals surface area contributed by atoms with Crippen LogP contribution in [-0.4, -0.2) is 30.1 Å². The monoisotopic (exact) mass is 455 g/mol. The van der Waals surface area contributed by atoms with Gasteiger partial charge in [-0.05, 0) is 42.0 Å². The first kappa shape index (κ1) is 21.5. The summed E-state index contributed by atoms with van der Waals surface area (Å²) in [4.78, 5) is 21.3. The zero-order chi connectivity index (χ0) is 23.7. The molecular weight excluding hydrogens is 433 g/mol. The Balaban J connectivity index is 1.64. The number of hydrogen-bond donors (Lipinski definition) is 2. The molecule has 2 aromatic heterocycles. The van der Waals surface area contributed by atoms with Crippen molar-refractivity contribution in [3.63, 3.8) is 0 Å². The first-order chi connectivity index (χ1) is 16.6. The lowest BCUT2D eigenvalue weighted by atomic mass is 10.0. The molecule has 0 unspecified atom stereocenters. The zero-order valence-electron chi connectivity index (χ0n) is 18.7. The highest BCUT2D eigenvalue weighted by molar-refractivity contribution is 6.13. The second-order valence-corrected chi connectivity index (χ2v) is 7.80. The third-order valence-electron chi connectivity index (χ3n) is 5.75. The van der Waals surface area contributed by atoms with E-state index in [2.05, 4.69) is 10.3 Å². The summed E-state index contributed by atoms with van der Waals surface area (Å²) in [6, 6.07) is 21.2. The number of benzene rings is 3. The maximum Gasteiger partial charge on any atom is 0.270 e. The van der Waals surface area contributed by atoms with Gasteiger partial charge in [0.15, 0.2) is 11.5 Å². The van der Waals surface area contributed by atoms with Crippen molar-refractivity contribution in [3.8, 4) is 22.8 Å². The average molecular weight is 455 g/mol. The molecule has 2 heterocycles. The second-order valence-electron chi connectivity index (χ2n) is 7.80. The first-order valence-electron chi connectivity index (χ1n) is 10.7. The number of para-hydroxylation sites is 2. The van der Waals surface area contributed by atoms with Crippen molar-refractivity contribution in [2.75, 3.05) is 14.2 Å². The van der Waals surface area contributed by atoms with E-state index >= 15 is 0 Å². The summed E-state index contributed by atoms with van der Waals surface area (Å²) in [5.74, 6) is 0.441. The van der Waals surface area contributed by atoms with Crippen LogP contribution in [0.2, 0.25) is 0 Å². The van der Waals surface area contributed by atoms with E-state index in [0.717, 1.165) is 27.4 Å². The molecule has 0 spiro atoms. The lowest BCUT2D eigenvalue weighted by molar-refractivity contribution is 0.0946. The highest BCUT2D eigenvalue weighted by atomic mass is 19.1. The van der Waals surface area contributed by atoms with Crippen LogP contribution in [0.25, 0.3) is 33.1 Å². The Kier molecular flexibility index (Phi) is 5.59. The fraction of sp³-hybridized carbons (Fsp3) is 0.111. The van der Waals surface area contributed by atoms with E-state index in [1.165, 1.54) is 12.1 Å². The van der Waals surface area contributed by atoms with Crippen molar-refractivity contribution >= 4 is 27.7 Å². The molecule has 0 atom stereocenters. The Labute approximate surface area is 195 Å². The number of amides is 1. The van der Waals surface area contributed by atoms with Gasteiger partial charge in [0.1, 0.15) is 11.5 Å². The summed E-state index contributed by atoms with van der Waals surface area (Å²) >= 11 is 0. The van der Waals surface area contributed by atoms with Gasteiger partial charge < -0.3 is 19.8 Å². The van der Waals surface area contributed by atoms with Gasteiger partial charge in [0.2, 0.25) is 0 Å². The minimum absolute atomic E-state index is 0.254. The van der Waals surface area contributed by atoms with Gasteiger partial charge in [0.05, 0.1) is 25.4 Å². The number of H-pyrrole nitrogens is 1. The molecule has 2 N–H and O–H groups in total. The maximum absolute atomic E-state index is 13.2. The molecule has 1 amide bonds. The number of carbonyl (C=O) groups is 1. The normalized spacial score (nSPS) is 11.0. The molecule has 5 rings (SSSR count). The summed E-state index contributed by atoms with van der Waals surface area (Å²) in [6.07, 6.45) is 0. The number of ether oxygens (including phenoxy) is 2. The van der Waals surface area contributed by atoms with Crippen LogP contribution >= 0.6 is 0 Å². The molecule has 0 saturated heterocycles. The Bertz CT molecular complexity index is 1510. The number of halogens is 1. The Morgan fingerprint density at radius 2 is 1.76 bits per heavy atom. The number of nitrogens with zero attached hydrogens (tertiary/aromatic N) is 1. The predicted molar refractivity (Wildman–Crippen MR) is 130 cm³/mol. The molecule has 5 aromatic rings. The van der Waals surface area contributed by atoms with E-state index in [0.29, 0.717) is 22.8 Å². The Morgan fingerprint density at radius 1 is 0.971 bits per heavy atom. The molecule has 3 aromatic carbocycles. The number of nitrogens with one attached hydrogen (secondary N) is 2. The van der Waals surface area contributed by atoms with Crippen LogP contribution in [0.1, 0.15) is 16.1 Å². The molecule has 0 radical (unpaired) electrons. The van der Waals surface area contributed by atoms with Gasteiger partial charge in [-0.25, -0.2) is 9.37 Å². The third kappa shape index (κ3) is 3.81. The van der Waals surface area contributed by atoms with Crippen molar-refractivity contribution in [2.24, 2.45) is 0 Å². The number of aromatic nitrogens is 2. The van der Waals surface area contributed by atoms with Gasteiger partial charge in [-0.3, -0.25) is 4.79 Å². The Hall–Kier alpha value is -4.39. The molecule has 7 heteroatoms. The number of rotatable bonds is 6. The quantitative estimate of drug-likeness (QED) is 0.356. The van der Waals surface area contributed by atoms with E-state index in [9.17, 15) is 9.18 Å². The van der Waals surface area contributed by atoms with Crippen molar-refractivity contribution in [1.82, 2.24) is 15.3 Å². The fourth-order valence-corrected chi connectivity index (χ4v) is 4.11. The molecule has 34 heavy (non-hydrogen) atoms. The van der Waals surface area contributed by atoms with E-state index in [4.69, 9.17) is 14.5 Å². The number of carbonyl (C=O) groups excluding carboxylic acids is 1. The third-order valence-corrected chi connectivity index (χ3v) is 5.75. The van der Waals surface area contributed by atoms with Crippen LogP contribution in [0.3, 0.4) is 0 Å². The minimum Gasteiger partial charge on any atom is -0.493 e. The van der Waals surface area contributed by atoms with Crippen LogP contribution < -0.4 is 14.8 Å². The van der Waals surface area contributed by atoms with Crippen LogP contribution in [0, 0.1) is 5.82 Å². The van der Waals surface area contributed by atoms with Crippen molar-refractivity contribution in [2.45, 2.75) is 6.54 Å². The van der Waals surface area contributed by atoms with E-state index in [-0.39, 0.29) is 24.0 Å². The highest BCUT2D eigenvalue weighted by Gasteiger charge is 2.21. The molecule has 0 aliphatic rings. The number of methoxy groups -OCH3 is 2. The summed E-state index contributed by atoms with van der Waals surface area (Å²) < 4.78 is 24.3. The van der Waals surface area contributed by atoms with Crippen LogP contribution in [0.5, 0.6) is 11.5 Å². The zero-order valence-corrected chi connectivity index (χ0v) is 18.7. The van der Waals surface area contributed by atoms with Gasteiger partial charge >= 0.3 is 0 Å². The lowest BCUT2D eigenvalue weighted by Crippen LogP contribution is -2.24. The lowest BCUT2D eigenvalue weighted by Gasteiger charge is -2.14. The minimum atomic E-state index is -0.334. The van der Waals surface area contributed by atoms with Crippen molar-refractivity contribution in [1.29, 1.82) is 0 Å². The van der Waals surface area contributed by atoms with E-state index in [1.54, 1.807) is 32.4 Å². The van der Waals surface area contributed by atoms with Gasteiger partial charge in [-0.15, -0.1) is 0 Å². The van der Waals surface area contributed by atoms with E-state index in [1.807, 2.05) is 42.5 Å². The van der Waals surface area contributed by atoms with E-state index < -0.39 is 0 Å². The molecule has 0 aliphatic heterocycles. The molecule has 170 valence electrons. The topological polar surface area (TPSA) is 76.2 Å². The summed E-state index contributed by atoms with van der Waals surface area (Å²) in [7, 11) is 3.15. The largest absolute Gasteiger partial charge is 0.493 e. The predicted octanol–water partition coefficient (Wildman–Crippen LogP) is 5.47. The molecule has 0 saturated carbocycles. The number of hydrogen-bond acceptors (Lipinski definition) is 4. The summed E-state index contributed by atoms with van der Waals surface area (Å²) in [6.45, 7) is 0.254. The SMILES string of the molecule is COc1cccc(-c2nc(C(=O)NCc3ccc(F)cc3)cc3c2[nH]c2ccccc23)c1OC.